The van der Waals surface area contributed by atoms with Gasteiger partial charge in [-0.25, -0.2) is 0 Å². The molecule has 2 fully saturated rings. The van der Waals surface area contributed by atoms with Gasteiger partial charge in [0.2, 0.25) is 5.91 Å². The van der Waals surface area contributed by atoms with Crippen molar-refractivity contribution in [3.63, 3.8) is 0 Å². The Kier molecular flexibility index (Phi) is 4.30. The molecule has 0 saturated carbocycles. The molecule has 4 aliphatic heterocycles. The lowest BCUT2D eigenvalue weighted by Crippen LogP contribution is -2.44. The fraction of sp³-hybridized carbons (Fsp3) is 0.417. The maximum atomic E-state index is 13.5. The van der Waals surface area contributed by atoms with Gasteiger partial charge in [0, 0.05) is 18.7 Å². The number of hydrogen-bond donors (Lipinski definition) is 1. The van der Waals surface area contributed by atoms with Crippen molar-refractivity contribution < 1.29 is 19.1 Å². The van der Waals surface area contributed by atoms with Crippen molar-refractivity contribution in [2.75, 3.05) is 36.5 Å². The molecule has 6 rings (SSSR count). The molecule has 7 heteroatoms. The fourth-order valence-corrected chi connectivity index (χ4v) is 5.35. The fourth-order valence-electron chi connectivity index (χ4n) is 5.35. The third-order valence-electron chi connectivity index (χ3n) is 6.83. The Bertz CT molecular complexity index is 1070. The topological polar surface area (TPSA) is 71.1 Å². The Morgan fingerprint density at radius 3 is 2.65 bits per heavy atom. The van der Waals surface area contributed by atoms with Crippen molar-refractivity contribution in [2.45, 2.75) is 37.8 Å². The number of ether oxygens (including phenoxy) is 2. The maximum absolute atomic E-state index is 13.5. The highest BCUT2D eigenvalue weighted by Crippen LogP contribution is 2.40. The molecule has 0 aromatic heterocycles. The summed E-state index contributed by atoms with van der Waals surface area (Å²) in [4.78, 5) is 30.0. The summed E-state index contributed by atoms with van der Waals surface area (Å²) >= 11 is 0. The van der Waals surface area contributed by atoms with Crippen LogP contribution in [0.2, 0.25) is 0 Å². The van der Waals surface area contributed by atoms with E-state index >= 15 is 0 Å². The highest BCUT2D eigenvalue weighted by molar-refractivity contribution is 6.06. The van der Waals surface area contributed by atoms with Gasteiger partial charge < -0.3 is 24.6 Å². The van der Waals surface area contributed by atoms with Gasteiger partial charge in [-0.2, -0.15) is 0 Å². The second kappa shape index (κ2) is 7.18. The van der Waals surface area contributed by atoms with Crippen LogP contribution in [0.5, 0.6) is 11.5 Å². The number of carbonyl (C=O) groups is 2. The summed E-state index contributed by atoms with van der Waals surface area (Å²) < 4.78 is 11.4. The summed E-state index contributed by atoms with van der Waals surface area (Å²) in [6.45, 7) is 2.71. The van der Waals surface area contributed by atoms with Crippen LogP contribution in [-0.2, 0) is 4.79 Å². The normalized spacial score (nSPS) is 23.9. The number of nitrogens with zero attached hydrogens (tertiary/aromatic N) is 2. The Morgan fingerprint density at radius 2 is 1.74 bits per heavy atom. The third-order valence-corrected chi connectivity index (χ3v) is 6.83. The van der Waals surface area contributed by atoms with Gasteiger partial charge in [-0.1, -0.05) is 6.07 Å². The first-order chi connectivity index (χ1) is 15.2. The van der Waals surface area contributed by atoms with Crippen molar-refractivity contribution in [1.82, 2.24) is 4.90 Å². The summed E-state index contributed by atoms with van der Waals surface area (Å²) in [5, 5.41) is 3.01. The number of hydrogen-bond acceptors (Lipinski definition) is 5. The van der Waals surface area contributed by atoms with E-state index in [0.717, 1.165) is 67.2 Å². The number of benzene rings is 2. The van der Waals surface area contributed by atoms with Crippen molar-refractivity contribution in [3.05, 3.63) is 47.5 Å². The predicted molar refractivity (Wildman–Crippen MR) is 116 cm³/mol. The average Bonchev–Trinajstić information content (AvgIpc) is 3.48. The summed E-state index contributed by atoms with van der Waals surface area (Å²) in [5.41, 5.74) is 3.44. The minimum atomic E-state index is -0.0766. The van der Waals surface area contributed by atoms with Crippen molar-refractivity contribution >= 4 is 23.2 Å². The smallest absolute Gasteiger partial charge is 0.254 e. The van der Waals surface area contributed by atoms with Crippen LogP contribution in [0.4, 0.5) is 11.4 Å². The zero-order valence-electron chi connectivity index (χ0n) is 17.3. The second-order valence-electron chi connectivity index (χ2n) is 8.63. The van der Waals surface area contributed by atoms with Gasteiger partial charge in [-0.05, 0) is 61.6 Å². The second-order valence-corrected chi connectivity index (χ2v) is 8.63. The average molecular weight is 419 g/mol. The van der Waals surface area contributed by atoms with Crippen molar-refractivity contribution in [3.8, 4) is 11.5 Å². The van der Waals surface area contributed by atoms with E-state index in [1.807, 2.05) is 41.3 Å². The Hall–Kier alpha value is -3.22. The van der Waals surface area contributed by atoms with E-state index in [1.165, 1.54) is 0 Å². The summed E-state index contributed by atoms with van der Waals surface area (Å²) in [6, 6.07) is 11.6. The number of carbonyl (C=O) groups excluding carboxylic acids is 2. The minimum Gasteiger partial charge on any atom is -0.486 e. The van der Waals surface area contributed by atoms with Gasteiger partial charge in [0.25, 0.3) is 5.91 Å². The van der Waals surface area contributed by atoms with Crippen LogP contribution in [0.1, 0.15) is 47.6 Å². The standard InChI is InChI=1S/C24H25N3O4/c28-23-20-4-2-9-26(20)19-7-5-16(13-17(19)25-23)24(29)27-10-1-3-18(27)15-6-8-21-22(14-15)31-12-11-30-21/h5-8,13-14,18,20H,1-4,9-12H2,(H,25,28)/t18-,20-/m1/s1. The van der Waals surface area contributed by atoms with Gasteiger partial charge >= 0.3 is 0 Å². The quantitative estimate of drug-likeness (QED) is 0.808. The summed E-state index contributed by atoms with van der Waals surface area (Å²) in [7, 11) is 0. The number of likely N-dealkylation sites (tertiary alicyclic amines) is 1. The Labute approximate surface area is 180 Å². The van der Waals surface area contributed by atoms with E-state index in [0.29, 0.717) is 18.8 Å². The molecule has 7 nitrogen and oxygen atoms in total. The molecule has 31 heavy (non-hydrogen) atoms. The van der Waals surface area contributed by atoms with Gasteiger partial charge in [0.15, 0.2) is 11.5 Å². The van der Waals surface area contributed by atoms with E-state index in [9.17, 15) is 9.59 Å². The molecule has 160 valence electrons. The van der Waals surface area contributed by atoms with E-state index in [-0.39, 0.29) is 23.9 Å². The minimum absolute atomic E-state index is 0.00187. The first-order valence-corrected chi connectivity index (χ1v) is 11.1. The zero-order chi connectivity index (χ0) is 20.9. The number of amides is 2. The number of rotatable bonds is 2. The lowest BCUT2D eigenvalue weighted by atomic mass is 10.0. The van der Waals surface area contributed by atoms with Crippen molar-refractivity contribution in [2.24, 2.45) is 0 Å². The molecule has 4 aliphatic rings. The molecule has 2 aromatic rings. The molecule has 4 heterocycles. The van der Waals surface area contributed by atoms with Crippen LogP contribution in [0.3, 0.4) is 0 Å². The van der Waals surface area contributed by atoms with Crippen LogP contribution in [0, 0.1) is 0 Å². The van der Waals surface area contributed by atoms with Crippen molar-refractivity contribution in [1.29, 1.82) is 0 Å². The van der Waals surface area contributed by atoms with Crippen LogP contribution in [0.25, 0.3) is 0 Å². The summed E-state index contributed by atoms with van der Waals surface area (Å²) in [6.07, 6.45) is 3.78. The lowest BCUT2D eigenvalue weighted by molar-refractivity contribution is -0.117. The molecule has 0 radical (unpaired) electrons. The zero-order valence-corrected chi connectivity index (χ0v) is 17.3. The third kappa shape index (κ3) is 3.02. The van der Waals surface area contributed by atoms with Gasteiger partial charge in [0.05, 0.1) is 17.4 Å². The Balaban J connectivity index is 1.28. The van der Waals surface area contributed by atoms with E-state index in [4.69, 9.17) is 9.47 Å². The first kappa shape index (κ1) is 18.5. The predicted octanol–water partition coefficient (Wildman–Crippen LogP) is 3.36. The molecule has 0 spiro atoms. The number of fused-ring (bicyclic) bond motifs is 4. The molecule has 2 saturated heterocycles. The number of nitrogens with one attached hydrogen (secondary N) is 1. The lowest BCUT2D eigenvalue weighted by Gasteiger charge is -2.33. The van der Waals surface area contributed by atoms with E-state index in [2.05, 4.69) is 10.2 Å². The highest BCUT2D eigenvalue weighted by Gasteiger charge is 2.37. The monoisotopic (exact) mass is 419 g/mol. The van der Waals surface area contributed by atoms with Crippen LogP contribution in [0.15, 0.2) is 36.4 Å². The van der Waals surface area contributed by atoms with Crippen LogP contribution < -0.4 is 19.7 Å². The molecule has 1 N–H and O–H groups in total. The van der Waals surface area contributed by atoms with Gasteiger partial charge in [-0.15, -0.1) is 0 Å². The molecule has 2 amide bonds. The maximum Gasteiger partial charge on any atom is 0.254 e. The van der Waals surface area contributed by atoms with Gasteiger partial charge in [0.1, 0.15) is 19.3 Å². The molecule has 2 atom stereocenters. The van der Waals surface area contributed by atoms with E-state index < -0.39 is 0 Å². The van der Waals surface area contributed by atoms with E-state index in [1.54, 1.807) is 0 Å². The molecule has 0 bridgehead atoms. The van der Waals surface area contributed by atoms with Crippen LogP contribution >= 0.6 is 0 Å². The molecule has 0 unspecified atom stereocenters. The Morgan fingerprint density at radius 1 is 0.935 bits per heavy atom. The first-order valence-electron chi connectivity index (χ1n) is 11.1. The molecule has 2 aromatic carbocycles. The molecular formula is C24H25N3O4. The van der Waals surface area contributed by atoms with Crippen LogP contribution in [-0.4, -0.2) is 49.1 Å². The molecular weight excluding hydrogens is 394 g/mol. The SMILES string of the molecule is O=C1Nc2cc(C(=O)N3CCC[C@@H]3c3ccc4c(c3)OCCO4)ccc2N2CCC[C@H]12. The highest BCUT2D eigenvalue weighted by atomic mass is 16.6. The number of anilines is 2. The molecule has 0 aliphatic carbocycles. The summed E-state index contributed by atoms with van der Waals surface area (Å²) in [5.74, 6) is 1.54. The largest absolute Gasteiger partial charge is 0.486 e. The van der Waals surface area contributed by atoms with Gasteiger partial charge in [-0.3, -0.25) is 9.59 Å².